The maximum atomic E-state index is 5.66. The molecule has 0 saturated heterocycles. The molecule has 0 aromatic heterocycles. The summed E-state index contributed by atoms with van der Waals surface area (Å²) < 4.78 is 12.4. The lowest BCUT2D eigenvalue weighted by Crippen LogP contribution is -2.23. The Bertz CT molecular complexity index is 494. The van der Waals surface area contributed by atoms with E-state index in [4.69, 9.17) is 9.47 Å². The summed E-state index contributed by atoms with van der Waals surface area (Å²) in [5.41, 5.74) is 1.25. The van der Waals surface area contributed by atoms with Crippen molar-refractivity contribution in [2.24, 2.45) is 0 Å². The zero-order valence-electron chi connectivity index (χ0n) is 13.3. The molecule has 1 N–H and O–H groups in total. The molecule has 0 amide bonds. The highest BCUT2D eigenvalue weighted by Crippen LogP contribution is 2.16. The van der Waals surface area contributed by atoms with Gasteiger partial charge >= 0.3 is 0 Å². The van der Waals surface area contributed by atoms with Crippen molar-refractivity contribution in [1.82, 2.24) is 5.32 Å². The van der Waals surface area contributed by atoms with Gasteiger partial charge < -0.3 is 14.8 Å². The molecular weight excluding hydrogens is 378 g/mol. The summed E-state index contributed by atoms with van der Waals surface area (Å²) in [6.45, 7) is 5.23. The minimum atomic E-state index is 0. The Morgan fingerprint density at radius 3 is 2.04 bits per heavy atom. The molecule has 0 fully saturated rings. The first-order valence-electron chi connectivity index (χ1n) is 7.52. The van der Waals surface area contributed by atoms with Crippen LogP contribution in [0, 0.1) is 6.92 Å². The quantitative estimate of drug-likeness (QED) is 0.623. The highest BCUT2D eigenvalue weighted by atomic mass is 79.9. The van der Waals surface area contributed by atoms with E-state index < -0.39 is 0 Å². The molecule has 0 aliphatic carbocycles. The number of aryl methyl sites for hydroxylation is 1. The normalized spacial score (nSPS) is 10.0. The lowest BCUT2D eigenvalue weighted by Gasteiger charge is -2.09. The molecule has 3 nitrogen and oxygen atoms in total. The van der Waals surface area contributed by atoms with Gasteiger partial charge in [-0.3, -0.25) is 0 Å². The zero-order valence-corrected chi connectivity index (χ0v) is 15.7. The fourth-order valence-electron chi connectivity index (χ4n) is 1.92. The van der Waals surface area contributed by atoms with Crippen LogP contribution in [0.1, 0.15) is 12.0 Å². The second-order valence-electron chi connectivity index (χ2n) is 5.07. The van der Waals surface area contributed by atoms with Crippen LogP contribution >= 0.6 is 28.3 Å². The molecule has 0 unspecified atom stereocenters. The molecule has 2 rings (SSSR count). The van der Waals surface area contributed by atoms with Crippen molar-refractivity contribution in [3.63, 3.8) is 0 Å². The van der Waals surface area contributed by atoms with Gasteiger partial charge in [0.2, 0.25) is 0 Å². The van der Waals surface area contributed by atoms with Crippen LogP contribution in [0.15, 0.2) is 53.0 Å². The Balaban J connectivity index is 0.00000264. The topological polar surface area (TPSA) is 30.5 Å². The van der Waals surface area contributed by atoms with Gasteiger partial charge in [-0.15, -0.1) is 12.4 Å². The van der Waals surface area contributed by atoms with E-state index in [1.54, 1.807) is 0 Å². The summed E-state index contributed by atoms with van der Waals surface area (Å²) in [7, 11) is 0. The molecular formula is C18H23BrClNO2. The second kappa shape index (κ2) is 11.3. The van der Waals surface area contributed by atoms with Crippen LogP contribution in [0.4, 0.5) is 0 Å². The van der Waals surface area contributed by atoms with Gasteiger partial charge in [-0.25, -0.2) is 0 Å². The fraction of sp³-hybridized carbons (Fsp3) is 0.333. The monoisotopic (exact) mass is 399 g/mol. The molecule has 0 aliphatic rings. The van der Waals surface area contributed by atoms with E-state index in [1.807, 2.05) is 36.4 Å². The Hall–Kier alpha value is -1.23. The van der Waals surface area contributed by atoms with E-state index in [0.29, 0.717) is 13.2 Å². The highest BCUT2D eigenvalue weighted by Gasteiger charge is 1.95. The number of hydrogen-bond donors (Lipinski definition) is 1. The number of nitrogens with one attached hydrogen (secondary N) is 1. The number of rotatable bonds is 9. The summed E-state index contributed by atoms with van der Waals surface area (Å²) in [6, 6.07) is 16.0. The molecule has 0 heterocycles. The van der Waals surface area contributed by atoms with Gasteiger partial charge in [0, 0.05) is 11.0 Å². The van der Waals surface area contributed by atoms with Crippen molar-refractivity contribution in [2.45, 2.75) is 13.3 Å². The summed E-state index contributed by atoms with van der Waals surface area (Å²) >= 11 is 3.41. The van der Waals surface area contributed by atoms with Crippen LogP contribution < -0.4 is 14.8 Å². The molecule has 0 radical (unpaired) electrons. The molecule has 126 valence electrons. The third-order valence-electron chi connectivity index (χ3n) is 3.15. The van der Waals surface area contributed by atoms with Gasteiger partial charge in [0.1, 0.15) is 18.1 Å². The van der Waals surface area contributed by atoms with Crippen molar-refractivity contribution in [2.75, 3.05) is 26.3 Å². The highest BCUT2D eigenvalue weighted by molar-refractivity contribution is 9.10. The van der Waals surface area contributed by atoms with E-state index in [1.165, 1.54) is 5.56 Å². The Kier molecular flexibility index (Phi) is 9.76. The van der Waals surface area contributed by atoms with Gasteiger partial charge in [0.05, 0.1) is 6.61 Å². The average Bonchev–Trinajstić information content (AvgIpc) is 2.53. The van der Waals surface area contributed by atoms with Gasteiger partial charge in [0.25, 0.3) is 0 Å². The first kappa shape index (κ1) is 19.8. The molecule has 5 heteroatoms. The fourth-order valence-corrected chi connectivity index (χ4v) is 2.18. The SMILES string of the molecule is Cc1ccc(OCCNCCCOc2ccc(Br)cc2)cc1.Cl. The minimum Gasteiger partial charge on any atom is -0.494 e. The Morgan fingerprint density at radius 2 is 1.39 bits per heavy atom. The molecule has 2 aromatic rings. The predicted molar refractivity (Wildman–Crippen MR) is 101 cm³/mol. The van der Waals surface area contributed by atoms with E-state index in [2.05, 4.69) is 40.3 Å². The number of benzene rings is 2. The van der Waals surface area contributed by atoms with E-state index in [0.717, 1.165) is 35.5 Å². The van der Waals surface area contributed by atoms with Crippen molar-refractivity contribution in [3.05, 3.63) is 58.6 Å². The van der Waals surface area contributed by atoms with E-state index in [9.17, 15) is 0 Å². The summed E-state index contributed by atoms with van der Waals surface area (Å²) in [6.07, 6.45) is 0.973. The molecule has 0 aliphatic heterocycles. The van der Waals surface area contributed by atoms with E-state index >= 15 is 0 Å². The molecule has 0 atom stereocenters. The summed E-state index contributed by atoms with van der Waals surface area (Å²) in [5.74, 6) is 1.83. The summed E-state index contributed by atoms with van der Waals surface area (Å²) in [5, 5.41) is 3.35. The van der Waals surface area contributed by atoms with Crippen LogP contribution in [-0.2, 0) is 0 Å². The van der Waals surface area contributed by atoms with Crippen LogP contribution in [0.5, 0.6) is 11.5 Å². The summed E-state index contributed by atoms with van der Waals surface area (Å²) in [4.78, 5) is 0. The molecule has 23 heavy (non-hydrogen) atoms. The largest absolute Gasteiger partial charge is 0.494 e. The van der Waals surface area contributed by atoms with Crippen LogP contribution in [0.3, 0.4) is 0 Å². The van der Waals surface area contributed by atoms with Gasteiger partial charge in [-0.1, -0.05) is 33.6 Å². The van der Waals surface area contributed by atoms with Gasteiger partial charge in [0.15, 0.2) is 0 Å². The molecule has 0 spiro atoms. The zero-order chi connectivity index (χ0) is 15.6. The predicted octanol–water partition coefficient (Wildman–Crippen LogP) is 4.62. The smallest absolute Gasteiger partial charge is 0.119 e. The van der Waals surface area contributed by atoms with Crippen molar-refractivity contribution in [3.8, 4) is 11.5 Å². The Morgan fingerprint density at radius 1 is 0.826 bits per heavy atom. The maximum Gasteiger partial charge on any atom is 0.119 e. The number of ether oxygens (including phenoxy) is 2. The second-order valence-corrected chi connectivity index (χ2v) is 5.98. The van der Waals surface area contributed by atoms with Gasteiger partial charge in [-0.05, 0) is 56.3 Å². The lowest BCUT2D eigenvalue weighted by molar-refractivity contribution is 0.294. The minimum absolute atomic E-state index is 0. The van der Waals surface area contributed by atoms with Crippen LogP contribution in [0.2, 0.25) is 0 Å². The molecule has 0 bridgehead atoms. The maximum absolute atomic E-state index is 5.66. The molecule has 2 aromatic carbocycles. The third-order valence-corrected chi connectivity index (χ3v) is 3.68. The van der Waals surface area contributed by atoms with Crippen molar-refractivity contribution in [1.29, 1.82) is 0 Å². The number of hydrogen-bond acceptors (Lipinski definition) is 3. The standard InChI is InChI=1S/C18H22BrNO2.ClH/c1-15-3-7-17(8-4-15)22-14-12-20-11-2-13-21-18-9-5-16(19)6-10-18;/h3-10,20H,2,11-14H2,1H3;1H. The molecule has 0 saturated carbocycles. The van der Waals surface area contributed by atoms with Crippen molar-refractivity contribution >= 4 is 28.3 Å². The van der Waals surface area contributed by atoms with E-state index in [-0.39, 0.29) is 12.4 Å². The number of halogens is 2. The van der Waals surface area contributed by atoms with Crippen LogP contribution in [-0.4, -0.2) is 26.3 Å². The third kappa shape index (κ3) is 8.26. The van der Waals surface area contributed by atoms with Gasteiger partial charge in [-0.2, -0.15) is 0 Å². The lowest BCUT2D eigenvalue weighted by atomic mass is 10.2. The van der Waals surface area contributed by atoms with Crippen LogP contribution in [0.25, 0.3) is 0 Å². The van der Waals surface area contributed by atoms with Crippen molar-refractivity contribution < 1.29 is 9.47 Å². The average molecular weight is 401 g/mol. The Labute approximate surface area is 152 Å². The first-order valence-corrected chi connectivity index (χ1v) is 8.32. The first-order chi connectivity index (χ1) is 10.7.